The van der Waals surface area contributed by atoms with E-state index in [0.29, 0.717) is 28.9 Å². The standard InChI is InChI=1S/C26H29ClN4O3S/c1-15-16(2)29-21(17(3)28-15)13-23(32)34-24-12-18-14-31(11-10-22(18)35-24)25(26(33)30(4)5)19-8-6-7-9-20(19)27/h6-9,12,25H,10-11,13-14H2,1-5H3. The molecule has 0 saturated heterocycles. The zero-order valence-electron chi connectivity index (χ0n) is 20.6. The summed E-state index contributed by atoms with van der Waals surface area (Å²) in [6.45, 7) is 6.91. The van der Waals surface area contributed by atoms with Gasteiger partial charge in [0.05, 0.1) is 29.2 Å². The second-order valence-corrected chi connectivity index (χ2v) is 10.5. The lowest BCUT2D eigenvalue weighted by atomic mass is 10.00. The van der Waals surface area contributed by atoms with Gasteiger partial charge in [-0.1, -0.05) is 29.8 Å². The van der Waals surface area contributed by atoms with Crippen molar-refractivity contribution in [2.24, 2.45) is 0 Å². The van der Waals surface area contributed by atoms with Crippen LogP contribution in [0.5, 0.6) is 5.06 Å². The van der Waals surface area contributed by atoms with E-state index in [1.54, 1.807) is 19.0 Å². The van der Waals surface area contributed by atoms with Crippen LogP contribution in [0.2, 0.25) is 5.02 Å². The maximum atomic E-state index is 13.2. The van der Waals surface area contributed by atoms with Crippen LogP contribution in [-0.2, 0) is 29.0 Å². The summed E-state index contributed by atoms with van der Waals surface area (Å²) in [7, 11) is 3.51. The molecule has 3 aromatic rings. The number of carbonyl (C=O) groups is 2. The molecule has 1 atom stereocenters. The first-order valence-corrected chi connectivity index (χ1v) is 12.7. The molecule has 7 nitrogen and oxygen atoms in total. The largest absolute Gasteiger partial charge is 0.415 e. The molecule has 1 aromatic carbocycles. The summed E-state index contributed by atoms with van der Waals surface area (Å²) in [5.41, 5.74) is 4.90. The number of ether oxygens (including phenoxy) is 1. The zero-order chi connectivity index (χ0) is 25.3. The normalized spacial score (nSPS) is 14.3. The summed E-state index contributed by atoms with van der Waals surface area (Å²) in [6, 6.07) is 8.91. The van der Waals surface area contributed by atoms with Crippen LogP contribution in [-0.4, -0.2) is 52.3 Å². The Bertz CT molecular complexity index is 1270. The van der Waals surface area contributed by atoms with Crippen LogP contribution in [0, 0.1) is 20.8 Å². The first-order chi connectivity index (χ1) is 16.6. The van der Waals surface area contributed by atoms with E-state index in [4.69, 9.17) is 16.3 Å². The summed E-state index contributed by atoms with van der Waals surface area (Å²) in [6.07, 6.45) is 0.835. The molecule has 0 spiro atoms. The molecule has 1 unspecified atom stereocenters. The fourth-order valence-corrected chi connectivity index (χ4v) is 5.50. The zero-order valence-corrected chi connectivity index (χ0v) is 22.2. The van der Waals surface area contributed by atoms with Gasteiger partial charge < -0.3 is 9.64 Å². The van der Waals surface area contributed by atoms with E-state index in [-0.39, 0.29) is 18.3 Å². The van der Waals surface area contributed by atoms with Crippen molar-refractivity contribution in [3.63, 3.8) is 0 Å². The Morgan fingerprint density at radius 1 is 1.14 bits per heavy atom. The number of aromatic nitrogens is 2. The van der Waals surface area contributed by atoms with Crippen LogP contribution in [0.3, 0.4) is 0 Å². The summed E-state index contributed by atoms with van der Waals surface area (Å²) in [5.74, 6) is -0.383. The highest BCUT2D eigenvalue weighted by Gasteiger charge is 2.33. The average molecular weight is 513 g/mol. The number of hydrogen-bond acceptors (Lipinski definition) is 7. The topological polar surface area (TPSA) is 75.6 Å². The fraction of sp³-hybridized carbons (Fsp3) is 0.385. The van der Waals surface area contributed by atoms with E-state index in [2.05, 4.69) is 14.9 Å². The molecule has 1 aliphatic heterocycles. The summed E-state index contributed by atoms with van der Waals surface area (Å²) in [5, 5.41) is 1.13. The Hall–Kier alpha value is -2.81. The molecule has 1 aliphatic rings. The lowest BCUT2D eigenvalue weighted by Crippen LogP contribution is -2.42. The predicted molar refractivity (Wildman–Crippen MR) is 137 cm³/mol. The second kappa shape index (κ2) is 10.4. The first-order valence-electron chi connectivity index (χ1n) is 11.5. The van der Waals surface area contributed by atoms with E-state index in [0.717, 1.165) is 34.6 Å². The van der Waals surface area contributed by atoms with Crippen LogP contribution in [0.4, 0.5) is 0 Å². The van der Waals surface area contributed by atoms with Gasteiger partial charge in [0.2, 0.25) is 5.91 Å². The highest BCUT2D eigenvalue weighted by atomic mass is 35.5. The average Bonchev–Trinajstić information content (AvgIpc) is 3.20. The van der Waals surface area contributed by atoms with Crippen molar-refractivity contribution in [2.75, 3.05) is 20.6 Å². The van der Waals surface area contributed by atoms with Gasteiger partial charge in [0.1, 0.15) is 6.04 Å². The van der Waals surface area contributed by atoms with E-state index < -0.39 is 6.04 Å². The number of benzene rings is 1. The van der Waals surface area contributed by atoms with Gasteiger partial charge in [-0.15, -0.1) is 11.3 Å². The van der Waals surface area contributed by atoms with Crippen molar-refractivity contribution in [1.82, 2.24) is 19.8 Å². The molecule has 3 heterocycles. The van der Waals surface area contributed by atoms with Crippen molar-refractivity contribution in [1.29, 1.82) is 0 Å². The van der Waals surface area contributed by atoms with Gasteiger partial charge in [-0.05, 0) is 50.5 Å². The van der Waals surface area contributed by atoms with Crippen molar-refractivity contribution in [2.45, 2.75) is 46.2 Å². The number of fused-ring (bicyclic) bond motifs is 1. The third-order valence-electron chi connectivity index (χ3n) is 6.22. The van der Waals surface area contributed by atoms with Crippen molar-refractivity contribution in [3.05, 3.63) is 74.1 Å². The lowest BCUT2D eigenvalue weighted by molar-refractivity contribution is -0.135. The monoisotopic (exact) mass is 512 g/mol. The Balaban J connectivity index is 1.50. The van der Waals surface area contributed by atoms with E-state index >= 15 is 0 Å². The van der Waals surface area contributed by atoms with Gasteiger partial charge in [-0.25, -0.2) is 0 Å². The molecule has 0 radical (unpaired) electrons. The van der Waals surface area contributed by atoms with Crippen LogP contribution in [0.25, 0.3) is 0 Å². The number of halogens is 1. The van der Waals surface area contributed by atoms with Gasteiger partial charge in [0.25, 0.3) is 0 Å². The minimum Gasteiger partial charge on any atom is -0.415 e. The molecule has 2 aromatic heterocycles. The van der Waals surface area contributed by atoms with Crippen LogP contribution in [0.1, 0.15) is 44.8 Å². The molecule has 0 bridgehead atoms. The molecule has 0 aliphatic carbocycles. The van der Waals surface area contributed by atoms with E-state index in [1.165, 1.54) is 16.2 Å². The molecule has 35 heavy (non-hydrogen) atoms. The molecule has 184 valence electrons. The van der Waals surface area contributed by atoms with E-state index in [1.807, 2.05) is 51.1 Å². The minimum atomic E-state index is -0.482. The quantitative estimate of drug-likeness (QED) is 0.454. The second-order valence-electron chi connectivity index (χ2n) is 8.97. The number of hydrogen-bond donors (Lipinski definition) is 0. The molecular weight excluding hydrogens is 484 g/mol. The summed E-state index contributed by atoms with van der Waals surface area (Å²) >= 11 is 7.97. The van der Waals surface area contributed by atoms with Gasteiger partial charge >= 0.3 is 5.97 Å². The third kappa shape index (κ3) is 5.55. The number of aryl methyl sites for hydroxylation is 3. The summed E-state index contributed by atoms with van der Waals surface area (Å²) in [4.78, 5) is 39.7. The third-order valence-corrected chi connectivity index (χ3v) is 7.68. The molecule has 0 saturated carbocycles. The maximum Gasteiger partial charge on any atom is 0.318 e. The van der Waals surface area contributed by atoms with Gasteiger partial charge in [-0.3, -0.25) is 24.5 Å². The number of carbonyl (C=O) groups excluding carboxylic acids is 2. The molecule has 0 N–H and O–H groups in total. The minimum absolute atomic E-state index is 0.0201. The Morgan fingerprint density at radius 2 is 1.86 bits per heavy atom. The number of thiophene rings is 1. The van der Waals surface area contributed by atoms with Crippen LogP contribution < -0.4 is 4.74 Å². The first kappa shape index (κ1) is 25.3. The number of likely N-dealkylation sites (N-methyl/N-ethyl adjacent to an activating group) is 1. The Kier molecular flexibility index (Phi) is 7.54. The SMILES string of the molecule is Cc1nc(C)c(CC(=O)Oc2cc3c(s2)CCN(C(C(=O)N(C)C)c2ccccc2Cl)C3)nc1C. The number of nitrogens with zero attached hydrogens (tertiary/aromatic N) is 4. The van der Waals surface area contributed by atoms with Gasteiger partial charge in [0, 0.05) is 37.1 Å². The van der Waals surface area contributed by atoms with Crippen LogP contribution in [0.15, 0.2) is 30.3 Å². The smallest absolute Gasteiger partial charge is 0.318 e. The lowest BCUT2D eigenvalue weighted by Gasteiger charge is -2.35. The predicted octanol–water partition coefficient (Wildman–Crippen LogP) is 4.45. The molecule has 9 heteroatoms. The molecular formula is C26H29ClN4O3S. The highest BCUT2D eigenvalue weighted by Crippen LogP contribution is 2.38. The fourth-order valence-electron chi connectivity index (χ4n) is 4.24. The van der Waals surface area contributed by atoms with Gasteiger partial charge in [0.15, 0.2) is 5.06 Å². The highest BCUT2D eigenvalue weighted by molar-refractivity contribution is 7.14. The molecule has 4 rings (SSSR count). The number of esters is 1. The summed E-state index contributed by atoms with van der Waals surface area (Å²) < 4.78 is 5.68. The number of amides is 1. The Labute approximate surface area is 214 Å². The van der Waals surface area contributed by atoms with Gasteiger partial charge in [-0.2, -0.15) is 0 Å². The molecule has 1 amide bonds. The van der Waals surface area contributed by atoms with Crippen LogP contribution >= 0.6 is 22.9 Å². The van der Waals surface area contributed by atoms with E-state index in [9.17, 15) is 9.59 Å². The van der Waals surface area contributed by atoms with Crippen molar-refractivity contribution in [3.8, 4) is 5.06 Å². The Morgan fingerprint density at radius 3 is 2.57 bits per heavy atom. The molecule has 0 fully saturated rings. The maximum absolute atomic E-state index is 13.2. The van der Waals surface area contributed by atoms with Crippen molar-refractivity contribution < 1.29 is 14.3 Å². The van der Waals surface area contributed by atoms with Crippen molar-refractivity contribution >= 4 is 34.8 Å². The number of rotatable bonds is 6.